The zero-order chi connectivity index (χ0) is 16.1. The van der Waals surface area contributed by atoms with E-state index in [1.54, 1.807) is 0 Å². The highest BCUT2D eigenvalue weighted by atomic mass is 79.9. The van der Waals surface area contributed by atoms with Gasteiger partial charge in [-0.05, 0) is 12.0 Å². The van der Waals surface area contributed by atoms with Gasteiger partial charge in [-0.25, -0.2) is 19.3 Å². The van der Waals surface area contributed by atoms with Crippen LogP contribution in [0.4, 0.5) is 9.59 Å². The van der Waals surface area contributed by atoms with Crippen LogP contribution in [0.3, 0.4) is 0 Å². The Balaban J connectivity index is 2.04. The standard InChI is InChI=1S/C14H15BrN2O5/c1-21-12(18)11(15)16-13(19)17-10(8-22-14(17)20)7-9-5-3-2-4-6-9/h2-6,10-11H,7-8H2,1H3,(H,16,19)/t10-,11?/m0/s1. The number of carbonyl (C=O) groups is 3. The van der Waals surface area contributed by atoms with Crippen LogP contribution in [0.5, 0.6) is 0 Å². The second-order valence-electron chi connectivity index (χ2n) is 4.63. The molecule has 1 heterocycles. The van der Waals surface area contributed by atoms with Crippen molar-refractivity contribution in [2.45, 2.75) is 17.4 Å². The quantitative estimate of drug-likeness (QED) is 0.494. The van der Waals surface area contributed by atoms with Crippen LogP contribution in [-0.4, -0.2) is 47.7 Å². The largest absolute Gasteiger partial charge is 0.467 e. The highest BCUT2D eigenvalue weighted by molar-refractivity contribution is 9.10. The third-order valence-corrected chi connectivity index (χ3v) is 3.76. The van der Waals surface area contributed by atoms with E-state index in [1.807, 2.05) is 30.3 Å². The van der Waals surface area contributed by atoms with Crippen molar-refractivity contribution in [3.63, 3.8) is 0 Å². The van der Waals surface area contributed by atoms with Crippen LogP contribution in [0.25, 0.3) is 0 Å². The number of hydrogen-bond donors (Lipinski definition) is 1. The molecule has 0 aromatic heterocycles. The molecular weight excluding hydrogens is 356 g/mol. The Bertz CT molecular complexity index is 566. The van der Waals surface area contributed by atoms with Crippen molar-refractivity contribution in [3.05, 3.63) is 35.9 Å². The lowest BCUT2D eigenvalue weighted by Crippen LogP contribution is -2.49. The highest BCUT2D eigenvalue weighted by Crippen LogP contribution is 2.18. The number of nitrogens with one attached hydrogen (secondary N) is 1. The lowest BCUT2D eigenvalue weighted by molar-refractivity contribution is -0.140. The number of hydrogen-bond acceptors (Lipinski definition) is 5. The van der Waals surface area contributed by atoms with Gasteiger partial charge < -0.3 is 14.8 Å². The van der Waals surface area contributed by atoms with Crippen LogP contribution < -0.4 is 5.32 Å². The Morgan fingerprint density at radius 1 is 1.45 bits per heavy atom. The van der Waals surface area contributed by atoms with E-state index in [4.69, 9.17) is 4.74 Å². The predicted molar refractivity (Wildman–Crippen MR) is 80.4 cm³/mol. The average molecular weight is 371 g/mol. The molecule has 3 amide bonds. The summed E-state index contributed by atoms with van der Waals surface area (Å²) in [6, 6.07) is 8.31. The zero-order valence-electron chi connectivity index (χ0n) is 11.8. The van der Waals surface area contributed by atoms with Crippen LogP contribution in [0, 0.1) is 0 Å². The Labute approximate surface area is 135 Å². The first-order valence-corrected chi connectivity index (χ1v) is 7.46. The molecule has 0 spiro atoms. The van der Waals surface area contributed by atoms with Gasteiger partial charge in [0.1, 0.15) is 6.61 Å². The molecule has 7 nitrogen and oxygen atoms in total. The molecule has 8 heteroatoms. The molecular formula is C14H15BrN2O5. The molecule has 2 atom stereocenters. The Kier molecular flexibility index (Phi) is 5.37. The van der Waals surface area contributed by atoms with E-state index in [9.17, 15) is 14.4 Å². The van der Waals surface area contributed by atoms with E-state index in [0.29, 0.717) is 6.42 Å². The number of imide groups is 1. The SMILES string of the molecule is COC(=O)C(Br)NC(=O)N1C(=O)OC[C@@H]1Cc1ccccc1. The number of nitrogens with zero attached hydrogens (tertiary/aromatic N) is 1. The topological polar surface area (TPSA) is 84.9 Å². The lowest BCUT2D eigenvalue weighted by Gasteiger charge is -2.21. The van der Waals surface area contributed by atoms with Crippen molar-refractivity contribution in [1.29, 1.82) is 0 Å². The van der Waals surface area contributed by atoms with Crippen LogP contribution in [-0.2, 0) is 20.7 Å². The van der Waals surface area contributed by atoms with E-state index < -0.39 is 29.1 Å². The van der Waals surface area contributed by atoms with Crippen LogP contribution in [0.2, 0.25) is 0 Å². The minimum Gasteiger partial charge on any atom is -0.467 e. The van der Waals surface area contributed by atoms with Crippen LogP contribution in [0.1, 0.15) is 5.56 Å². The molecule has 0 radical (unpaired) electrons. The van der Waals surface area contributed by atoms with Gasteiger partial charge in [-0.3, -0.25) is 0 Å². The molecule has 1 aromatic carbocycles. The van der Waals surface area contributed by atoms with Gasteiger partial charge in [-0.2, -0.15) is 0 Å². The summed E-state index contributed by atoms with van der Waals surface area (Å²) >= 11 is 2.97. The zero-order valence-corrected chi connectivity index (χ0v) is 13.4. The number of ether oxygens (including phenoxy) is 2. The van der Waals surface area contributed by atoms with Gasteiger partial charge in [0.15, 0.2) is 4.95 Å². The minimum absolute atomic E-state index is 0.117. The maximum Gasteiger partial charge on any atom is 0.418 e. The van der Waals surface area contributed by atoms with Gasteiger partial charge in [-0.15, -0.1) is 0 Å². The van der Waals surface area contributed by atoms with Crippen molar-refractivity contribution < 1.29 is 23.9 Å². The van der Waals surface area contributed by atoms with Crippen molar-refractivity contribution in [2.24, 2.45) is 0 Å². The van der Waals surface area contributed by atoms with Crippen molar-refractivity contribution in [3.8, 4) is 0 Å². The molecule has 1 N–H and O–H groups in total. The fraction of sp³-hybridized carbons (Fsp3) is 0.357. The summed E-state index contributed by atoms with van der Waals surface area (Å²) < 4.78 is 9.42. The molecule has 0 aliphatic carbocycles. The van der Waals surface area contributed by atoms with E-state index in [1.165, 1.54) is 7.11 Å². The summed E-state index contributed by atoms with van der Waals surface area (Å²) in [4.78, 5) is 35.2. The number of alkyl halides is 1. The van der Waals surface area contributed by atoms with Crippen molar-refractivity contribution in [2.75, 3.05) is 13.7 Å². The van der Waals surface area contributed by atoms with E-state index in [-0.39, 0.29) is 6.61 Å². The molecule has 2 rings (SSSR count). The van der Waals surface area contributed by atoms with Gasteiger partial charge in [0.2, 0.25) is 0 Å². The predicted octanol–water partition coefficient (Wildman–Crippen LogP) is 1.65. The number of amides is 3. The number of carbonyl (C=O) groups excluding carboxylic acids is 3. The Hall–Kier alpha value is -2.09. The average Bonchev–Trinajstić information content (AvgIpc) is 2.88. The second kappa shape index (κ2) is 7.26. The van der Waals surface area contributed by atoms with Gasteiger partial charge in [0, 0.05) is 0 Å². The molecule has 118 valence electrons. The number of methoxy groups -OCH3 is 1. The summed E-state index contributed by atoms with van der Waals surface area (Å²) in [5.41, 5.74) is 0.979. The summed E-state index contributed by atoms with van der Waals surface area (Å²) in [7, 11) is 1.20. The first kappa shape index (κ1) is 16.3. The Morgan fingerprint density at radius 2 is 2.14 bits per heavy atom. The first-order valence-electron chi connectivity index (χ1n) is 6.55. The first-order chi connectivity index (χ1) is 10.5. The molecule has 0 bridgehead atoms. The van der Waals surface area contributed by atoms with E-state index in [2.05, 4.69) is 26.0 Å². The van der Waals surface area contributed by atoms with Gasteiger partial charge in [-0.1, -0.05) is 46.3 Å². The fourth-order valence-electron chi connectivity index (χ4n) is 2.09. The fourth-order valence-corrected chi connectivity index (χ4v) is 2.47. The lowest BCUT2D eigenvalue weighted by atomic mass is 10.1. The maximum absolute atomic E-state index is 12.2. The summed E-state index contributed by atoms with van der Waals surface area (Å²) in [5, 5.41) is 2.35. The normalized spacial score (nSPS) is 18.5. The summed E-state index contributed by atoms with van der Waals surface area (Å²) in [6.45, 7) is 0.117. The number of halogens is 1. The third kappa shape index (κ3) is 3.76. The van der Waals surface area contributed by atoms with Gasteiger partial charge >= 0.3 is 18.1 Å². The smallest absolute Gasteiger partial charge is 0.418 e. The maximum atomic E-state index is 12.2. The van der Waals surface area contributed by atoms with Crippen molar-refractivity contribution in [1.82, 2.24) is 10.2 Å². The number of cyclic esters (lactones) is 1. The molecule has 1 aromatic rings. The molecule has 22 heavy (non-hydrogen) atoms. The van der Waals surface area contributed by atoms with Crippen LogP contribution in [0.15, 0.2) is 30.3 Å². The van der Waals surface area contributed by atoms with E-state index >= 15 is 0 Å². The second-order valence-corrected chi connectivity index (χ2v) is 5.54. The molecule has 0 saturated carbocycles. The van der Waals surface area contributed by atoms with Crippen molar-refractivity contribution >= 4 is 34.0 Å². The summed E-state index contributed by atoms with van der Waals surface area (Å²) in [6.07, 6.45) is -0.256. The van der Waals surface area contributed by atoms with E-state index in [0.717, 1.165) is 10.5 Å². The number of urea groups is 1. The Morgan fingerprint density at radius 3 is 2.77 bits per heavy atom. The third-order valence-electron chi connectivity index (χ3n) is 3.15. The molecule has 1 unspecified atom stereocenters. The molecule has 1 aliphatic rings. The van der Waals surface area contributed by atoms with Gasteiger partial charge in [0.25, 0.3) is 0 Å². The molecule has 1 fully saturated rings. The number of esters is 1. The molecule has 1 aliphatic heterocycles. The summed E-state index contributed by atoms with van der Waals surface area (Å²) in [5.74, 6) is -0.666. The number of rotatable bonds is 4. The van der Waals surface area contributed by atoms with Crippen LogP contribution >= 0.6 is 15.9 Å². The monoisotopic (exact) mass is 370 g/mol. The highest BCUT2D eigenvalue weighted by Gasteiger charge is 2.39. The minimum atomic E-state index is -1.03. The molecule has 1 saturated heterocycles. The van der Waals surface area contributed by atoms with Gasteiger partial charge in [0.05, 0.1) is 13.2 Å². The number of benzene rings is 1.